The number of hydrogen-bond donors (Lipinski definition) is 0. The highest BCUT2D eigenvalue weighted by Crippen LogP contribution is 2.23. The molecule has 0 unspecified atom stereocenters. The standard InChI is InChI=1S/C17H16BrN3O2S2/c1-21-16(12-25(22,23)15-5-3-2-4-6-15)19-20-17(21)24-11-13-7-9-14(18)10-8-13/h2-10H,11-12H2,1H3. The van der Waals surface area contributed by atoms with E-state index in [0.29, 0.717) is 15.9 Å². The third-order valence-electron chi connectivity index (χ3n) is 3.63. The summed E-state index contributed by atoms with van der Waals surface area (Å²) in [4.78, 5) is 0.294. The van der Waals surface area contributed by atoms with E-state index in [4.69, 9.17) is 0 Å². The lowest BCUT2D eigenvalue weighted by Gasteiger charge is -2.06. The van der Waals surface area contributed by atoms with Gasteiger partial charge in [0.2, 0.25) is 0 Å². The van der Waals surface area contributed by atoms with Gasteiger partial charge in [-0.05, 0) is 29.8 Å². The van der Waals surface area contributed by atoms with Crippen molar-refractivity contribution in [1.82, 2.24) is 14.8 Å². The summed E-state index contributed by atoms with van der Waals surface area (Å²) in [7, 11) is -1.64. The van der Waals surface area contributed by atoms with Gasteiger partial charge in [-0.2, -0.15) is 0 Å². The molecule has 0 amide bonds. The van der Waals surface area contributed by atoms with Crippen molar-refractivity contribution in [3.05, 3.63) is 70.5 Å². The lowest BCUT2D eigenvalue weighted by Crippen LogP contribution is -2.09. The fraction of sp³-hybridized carbons (Fsp3) is 0.176. The first kappa shape index (κ1) is 18.2. The van der Waals surface area contributed by atoms with Crippen LogP contribution in [0.25, 0.3) is 0 Å². The molecule has 1 heterocycles. The zero-order chi connectivity index (χ0) is 17.9. The van der Waals surface area contributed by atoms with Gasteiger partial charge >= 0.3 is 0 Å². The molecular formula is C17H16BrN3O2S2. The molecule has 0 N–H and O–H groups in total. The molecule has 25 heavy (non-hydrogen) atoms. The molecule has 0 bridgehead atoms. The minimum absolute atomic E-state index is 0.167. The van der Waals surface area contributed by atoms with E-state index in [1.165, 1.54) is 11.8 Å². The molecular weight excluding hydrogens is 422 g/mol. The Morgan fingerprint density at radius 2 is 1.72 bits per heavy atom. The van der Waals surface area contributed by atoms with Crippen LogP contribution in [0.2, 0.25) is 0 Å². The Balaban J connectivity index is 1.72. The van der Waals surface area contributed by atoms with Gasteiger partial charge in [0.15, 0.2) is 15.0 Å². The van der Waals surface area contributed by atoms with E-state index < -0.39 is 9.84 Å². The number of hydrogen-bond acceptors (Lipinski definition) is 5. The van der Waals surface area contributed by atoms with Gasteiger partial charge in [0, 0.05) is 17.3 Å². The Morgan fingerprint density at radius 3 is 2.40 bits per heavy atom. The van der Waals surface area contributed by atoms with Gasteiger partial charge in [0.1, 0.15) is 11.6 Å². The van der Waals surface area contributed by atoms with Crippen LogP contribution in [0.15, 0.2) is 69.1 Å². The van der Waals surface area contributed by atoms with E-state index in [0.717, 1.165) is 15.8 Å². The van der Waals surface area contributed by atoms with Crippen molar-refractivity contribution in [2.45, 2.75) is 21.6 Å². The zero-order valence-electron chi connectivity index (χ0n) is 13.5. The number of benzene rings is 2. The van der Waals surface area contributed by atoms with Crippen molar-refractivity contribution >= 4 is 37.5 Å². The molecule has 0 aliphatic carbocycles. The minimum atomic E-state index is -3.43. The average Bonchev–Trinajstić information content (AvgIpc) is 2.95. The van der Waals surface area contributed by atoms with Gasteiger partial charge in [-0.25, -0.2) is 8.42 Å². The maximum absolute atomic E-state index is 12.5. The minimum Gasteiger partial charge on any atom is -0.308 e. The second kappa shape index (κ2) is 7.72. The van der Waals surface area contributed by atoms with Crippen LogP contribution in [0.4, 0.5) is 0 Å². The molecule has 2 aromatic carbocycles. The first-order valence-corrected chi connectivity index (χ1v) is 10.9. The summed E-state index contributed by atoms with van der Waals surface area (Å²) in [6.07, 6.45) is 0. The van der Waals surface area contributed by atoms with Gasteiger partial charge in [-0.15, -0.1) is 10.2 Å². The fourth-order valence-electron chi connectivity index (χ4n) is 2.21. The summed E-state index contributed by atoms with van der Waals surface area (Å²) in [5.74, 6) is 1.01. The predicted octanol–water partition coefficient (Wildman–Crippen LogP) is 3.84. The summed E-state index contributed by atoms with van der Waals surface area (Å²) in [6.45, 7) is 0. The van der Waals surface area contributed by atoms with Crippen molar-refractivity contribution in [1.29, 1.82) is 0 Å². The molecule has 0 aliphatic rings. The van der Waals surface area contributed by atoms with Gasteiger partial charge < -0.3 is 4.57 Å². The number of halogens is 1. The number of nitrogens with zero attached hydrogens (tertiary/aromatic N) is 3. The molecule has 3 aromatic rings. The van der Waals surface area contributed by atoms with E-state index in [9.17, 15) is 8.42 Å². The van der Waals surface area contributed by atoms with E-state index in [-0.39, 0.29) is 5.75 Å². The van der Waals surface area contributed by atoms with Gasteiger partial charge in [0.25, 0.3) is 0 Å². The van der Waals surface area contributed by atoms with Crippen molar-refractivity contribution in [3.63, 3.8) is 0 Å². The van der Waals surface area contributed by atoms with Gasteiger partial charge in [0.05, 0.1) is 4.90 Å². The molecule has 0 radical (unpaired) electrons. The Hall–Kier alpha value is -1.64. The third kappa shape index (κ3) is 4.50. The second-order valence-electron chi connectivity index (χ2n) is 5.45. The third-order valence-corrected chi connectivity index (χ3v) is 6.88. The lowest BCUT2D eigenvalue weighted by atomic mass is 10.2. The van der Waals surface area contributed by atoms with Gasteiger partial charge in [-0.3, -0.25) is 0 Å². The number of thioether (sulfide) groups is 1. The lowest BCUT2D eigenvalue weighted by molar-refractivity contribution is 0.591. The number of sulfone groups is 1. The molecule has 5 nitrogen and oxygen atoms in total. The topological polar surface area (TPSA) is 64.8 Å². The molecule has 0 fully saturated rings. The highest BCUT2D eigenvalue weighted by Gasteiger charge is 2.20. The van der Waals surface area contributed by atoms with Crippen molar-refractivity contribution in [2.24, 2.45) is 7.05 Å². The number of aromatic nitrogens is 3. The Bertz CT molecular complexity index is 955. The van der Waals surface area contributed by atoms with Crippen molar-refractivity contribution in [3.8, 4) is 0 Å². The van der Waals surface area contributed by atoms with Crippen LogP contribution in [-0.4, -0.2) is 23.2 Å². The van der Waals surface area contributed by atoms with Gasteiger partial charge in [-0.1, -0.05) is 58.0 Å². The Kier molecular flexibility index (Phi) is 5.61. The first-order valence-electron chi connectivity index (χ1n) is 7.49. The van der Waals surface area contributed by atoms with E-state index in [1.54, 1.807) is 41.9 Å². The summed E-state index contributed by atoms with van der Waals surface area (Å²) in [5.41, 5.74) is 1.16. The molecule has 8 heteroatoms. The molecule has 0 saturated carbocycles. The Morgan fingerprint density at radius 1 is 1.04 bits per heavy atom. The monoisotopic (exact) mass is 437 g/mol. The highest BCUT2D eigenvalue weighted by molar-refractivity contribution is 9.10. The average molecular weight is 438 g/mol. The zero-order valence-corrected chi connectivity index (χ0v) is 16.7. The summed E-state index contributed by atoms with van der Waals surface area (Å²) in [6, 6.07) is 16.4. The molecule has 0 saturated heterocycles. The summed E-state index contributed by atoms with van der Waals surface area (Å²) >= 11 is 4.94. The van der Waals surface area contributed by atoms with Crippen LogP contribution in [0, 0.1) is 0 Å². The molecule has 1 aromatic heterocycles. The maximum Gasteiger partial charge on any atom is 0.191 e. The van der Waals surface area contributed by atoms with Crippen LogP contribution >= 0.6 is 27.7 Å². The normalized spacial score (nSPS) is 11.6. The van der Waals surface area contributed by atoms with Crippen molar-refractivity contribution in [2.75, 3.05) is 0 Å². The second-order valence-corrected chi connectivity index (χ2v) is 9.29. The smallest absolute Gasteiger partial charge is 0.191 e. The van der Waals surface area contributed by atoms with E-state index in [2.05, 4.69) is 26.1 Å². The first-order chi connectivity index (χ1) is 12.0. The number of rotatable bonds is 6. The molecule has 0 spiro atoms. The molecule has 0 atom stereocenters. The quantitative estimate of drug-likeness (QED) is 0.547. The molecule has 130 valence electrons. The van der Waals surface area contributed by atoms with Crippen LogP contribution in [0.1, 0.15) is 11.4 Å². The largest absolute Gasteiger partial charge is 0.308 e. The summed E-state index contributed by atoms with van der Waals surface area (Å²) < 4.78 is 27.7. The molecule has 3 rings (SSSR count). The van der Waals surface area contributed by atoms with Crippen molar-refractivity contribution < 1.29 is 8.42 Å². The van der Waals surface area contributed by atoms with Crippen LogP contribution in [0.3, 0.4) is 0 Å². The highest BCUT2D eigenvalue weighted by atomic mass is 79.9. The van der Waals surface area contributed by atoms with Crippen LogP contribution in [-0.2, 0) is 28.4 Å². The predicted molar refractivity (Wildman–Crippen MR) is 102 cm³/mol. The van der Waals surface area contributed by atoms with Crippen LogP contribution < -0.4 is 0 Å². The van der Waals surface area contributed by atoms with E-state index >= 15 is 0 Å². The van der Waals surface area contributed by atoms with Crippen LogP contribution in [0.5, 0.6) is 0 Å². The van der Waals surface area contributed by atoms with E-state index in [1.807, 2.05) is 24.3 Å². The Labute approximate surface area is 159 Å². The fourth-order valence-corrected chi connectivity index (χ4v) is 4.69. The SMILES string of the molecule is Cn1c(CS(=O)(=O)c2ccccc2)nnc1SCc1ccc(Br)cc1. The maximum atomic E-state index is 12.5. The summed E-state index contributed by atoms with van der Waals surface area (Å²) in [5, 5.41) is 8.88. The molecule has 0 aliphatic heterocycles.